The fourth-order valence-electron chi connectivity index (χ4n) is 0.971. The Hall–Kier alpha value is -0.900. The highest BCUT2D eigenvalue weighted by Crippen LogP contribution is 2.30. The van der Waals surface area contributed by atoms with Crippen LogP contribution in [0.15, 0.2) is 18.2 Å². The zero-order valence-electron chi connectivity index (χ0n) is 7.36. The van der Waals surface area contributed by atoms with Crippen molar-refractivity contribution in [1.29, 1.82) is 0 Å². The lowest BCUT2D eigenvalue weighted by molar-refractivity contribution is -0.274. The molecule has 1 aromatic carbocycles. The lowest BCUT2D eigenvalue weighted by atomic mass is 10.2. The van der Waals surface area contributed by atoms with E-state index in [1.165, 1.54) is 12.1 Å². The Morgan fingerprint density at radius 1 is 1.36 bits per heavy atom. The first-order chi connectivity index (χ1) is 6.42. The summed E-state index contributed by atoms with van der Waals surface area (Å²) in [4.78, 5) is 0. The first-order valence-corrected chi connectivity index (χ1v) is 4.34. The minimum absolute atomic E-state index is 0.0421. The fourth-order valence-corrected chi connectivity index (χ4v) is 1.13. The maximum Gasteiger partial charge on any atom is 0.573 e. The van der Waals surface area contributed by atoms with Crippen molar-refractivity contribution in [1.82, 2.24) is 0 Å². The van der Waals surface area contributed by atoms with Gasteiger partial charge in [0.05, 0.1) is 5.02 Å². The lowest BCUT2D eigenvalue weighted by Gasteiger charge is -2.11. The molecular formula is C9H8ClF3O. The lowest BCUT2D eigenvalue weighted by Crippen LogP contribution is -2.17. The number of alkyl halides is 3. The van der Waals surface area contributed by atoms with Gasteiger partial charge >= 0.3 is 6.36 Å². The van der Waals surface area contributed by atoms with Crippen molar-refractivity contribution < 1.29 is 17.9 Å². The summed E-state index contributed by atoms with van der Waals surface area (Å²) in [7, 11) is 0. The summed E-state index contributed by atoms with van der Waals surface area (Å²) < 4.78 is 39.4. The molecule has 1 nitrogen and oxygen atoms in total. The van der Waals surface area contributed by atoms with Gasteiger partial charge in [-0.15, -0.1) is 13.2 Å². The van der Waals surface area contributed by atoms with E-state index in [9.17, 15) is 13.2 Å². The van der Waals surface area contributed by atoms with Crippen molar-refractivity contribution in [2.45, 2.75) is 19.7 Å². The van der Waals surface area contributed by atoms with E-state index in [1.54, 1.807) is 6.07 Å². The zero-order valence-corrected chi connectivity index (χ0v) is 8.12. The Labute approximate surface area is 84.4 Å². The highest BCUT2D eigenvalue weighted by atomic mass is 35.5. The van der Waals surface area contributed by atoms with E-state index in [0.29, 0.717) is 6.42 Å². The quantitative estimate of drug-likeness (QED) is 0.743. The standard InChI is InChI=1S/C9H8ClF3O/c1-2-6-3-4-7(10)8(5-6)14-9(11,12)13/h3-5H,2H2,1H3. The second-order valence-corrected chi connectivity index (χ2v) is 3.07. The van der Waals surface area contributed by atoms with Gasteiger partial charge in [0.25, 0.3) is 0 Å². The number of hydrogen-bond donors (Lipinski definition) is 0. The van der Waals surface area contributed by atoms with E-state index in [4.69, 9.17) is 11.6 Å². The fraction of sp³-hybridized carbons (Fsp3) is 0.333. The van der Waals surface area contributed by atoms with E-state index in [2.05, 4.69) is 4.74 Å². The van der Waals surface area contributed by atoms with Crippen LogP contribution in [0, 0.1) is 0 Å². The molecule has 0 N–H and O–H groups in total. The van der Waals surface area contributed by atoms with Crippen LogP contribution >= 0.6 is 11.6 Å². The molecule has 14 heavy (non-hydrogen) atoms. The van der Waals surface area contributed by atoms with Crippen LogP contribution in [-0.2, 0) is 6.42 Å². The summed E-state index contributed by atoms with van der Waals surface area (Å²) in [5.41, 5.74) is 0.744. The van der Waals surface area contributed by atoms with E-state index in [-0.39, 0.29) is 10.8 Å². The molecule has 0 aromatic heterocycles. The Bertz CT molecular complexity index is 322. The van der Waals surface area contributed by atoms with Crippen LogP contribution in [0.2, 0.25) is 5.02 Å². The molecule has 0 heterocycles. The maximum absolute atomic E-state index is 11.9. The molecular weight excluding hydrogens is 217 g/mol. The second-order valence-electron chi connectivity index (χ2n) is 2.67. The molecule has 0 amide bonds. The number of ether oxygens (including phenoxy) is 1. The van der Waals surface area contributed by atoms with Gasteiger partial charge in [-0.3, -0.25) is 0 Å². The molecule has 0 saturated heterocycles. The van der Waals surface area contributed by atoms with Gasteiger partial charge in [-0.05, 0) is 24.1 Å². The molecule has 0 aliphatic rings. The number of benzene rings is 1. The topological polar surface area (TPSA) is 9.23 Å². The van der Waals surface area contributed by atoms with Crippen molar-refractivity contribution in [3.63, 3.8) is 0 Å². The van der Waals surface area contributed by atoms with Crippen molar-refractivity contribution >= 4 is 11.6 Å². The van der Waals surface area contributed by atoms with Crippen LogP contribution in [0.25, 0.3) is 0 Å². The molecule has 0 spiro atoms. The predicted molar refractivity (Wildman–Crippen MR) is 47.5 cm³/mol. The third-order valence-electron chi connectivity index (χ3n) is 1.63. The second kappa shape index (κ2) is 4.09. The van der Waals surface area contributed by atoms with Gasteiger partial charge in [-0.2, -0.15) is 0 Å². The van der Waals surface area contributed by atoms with Gasteiger partial charge in [-0.25, -0.2) is 0 Å². The molecule has 0 radical (unpaired) electrons. The third-order valence-corrected chi connectivity index (χ3v) is 1.94. The molecule has 1 aromatic rings. The molecule has 0 atom stereocenters. The van der Waals surface area contributed by atoms with Crippen molar-refractivity contribution in [2.75, 3.05) is 0 Å². The minimum Gasteiger partial charge on any atom is -0.404 e. The van der Waals surface area contributed by atoms with Gasteiger partial charge in [-0.1, -0.05) is 24.6 Å². The Kier molecular flexibility index (Phi) is 3.26. The van der Waals surface area contributed by atoms with Crippen LogP contribution in [0.5, 0.6) is 5.75 Å². The summed E-state index contributed by atoms with van der Waals surface area (Å²) in [6.07, 6.45) is -4.07. The molecule has 0 bridgehead atoms. The molecule has 1 rings (SSSR count). The first-order valence-electron chi connectivity index (χ1n) is 3.96. The first kappa shape index (κ1) is 11.2. The number of hydrogen-bond acceptors (Lipinski definition) is 1. The van der Waals surface area contributed by atoms with Gasteiger partial charge in [0.15, 0.2) is 0 Å². The SMILES string of the molecule is CCc1ccc(Cl)c(OC(F)(F)F)c1. The minimum atomic E-state index is -4.70. The molecule has 0 unspecified atom stereocenters. The van der Waals surface area contributed by atoms with Gasteiger partial charge < -0.3 is 4.74 Å². The average molecular weight is 225 g/mol. The molecule has 78 valence electrons. The normalized spacial score (nSPS) is 11.5. The maximum atomic E-state index is 11.9. The Morgan fingerprint density at radius 2 is 2.00 bits per heavy atom. The van der Waals surface area contributed by atoms with Crippen LogP contribution < -0.4 is 4.74 Å². The molecule has 0 fully saturated rings. The average Bonchev–Trinajstić information content (AvgIpc) is 2.06. The van der Waals surface area contributed by atoms with Crippen LogP contribution in [-0.4, -0.2) is 6.36 Å². The Morgan fingerprint density at radius 3 is 2.50 bits per heavy atom. The summed E-state index contributed by atoms with van der Waals surface area (Å²) in [6.45, 7) is 1.83. The number of rotatable bonds is 2. The van der Waals surface area contributed by atoms with E-state index >= 15 is 0 Å². The smallest absolute Gasteiger partial charge is 0.404 e. The summed E-state index contributed by atoms with van der Waals surface area (Å²) in [5, 5.41) is -0.0421. The van der Waals surface area contributed by atoms with E-state index < -0.39 is 6.36 Å². The van der Waals surface area contributed by atoms with Crippen molar-refractivity contribution in [2.24, 2.45) is 0 Å². The molecule has 0 aliphatic carbocycles. The summed E-state index contributed by atoms with van der Waals surface area (Å²) in [6, 6.07) is 4.34. The molecule has 0 saturated carbocycles. The Balaban J connectivity index is 2.95. The van der Waals surface area contributed by atoms with Crippen molar-refractivity contribution in [3.05, 3.63) is 28.8 Å². The van der Waals surface area contributed by atoms with Crippen LogP contribution in [0.3, 0.4) is 0 Å². The third kappa shape index (κ3) is 3.10. The highest BCUT2D eigenvalue weighted by molar-refractivity contribution is 6.32. The number of halogens is 4. The summed E-state index contributed by atoms with van der Waals surface area (Å²) >= 11 is 5.53. The van der Waals surface area contributed by atoms with Gasteiger partial charge in [0, 0.05) is 0 Å². The van der Waals surface area contributed by atoms with Crippen molar-refractivity contribution in [3.8, 4) is 5.75 Å². The van der Waals surface area contributed by atoms with Gasteiger partial charge in [0.1, 0.15) is 5.75 Å². The molecule has 0 aliphatic heterocycles. The number of aryl methyl sites for hydroxylation is 1. The van der Waals surface area contributed by atoms with Gasteiger partial charge in [0.2, 0.25) is 0 Å². The van der Waals surface area contributed by atoms with Crippen LogP contribution in [0.4, 0.5) is 13.2 Å². The highest BCUT2D eigenvalue weighted by Gasteiger charge is 2.32. The zero-order chi connectivity index (χ0) is 10.8. The predicted octanol–water partition coefficient (Wildman–Crippen LogP) is 3.80. The van der Waals surface area contributed by atoms with E-state index in [0.717, 1.165) is 5.56 Å². The van der Waals surface area contributed by atoms with Crippen LogP contribution in [0.1, 0.15) is 12.5 Å². The summed E-state index contributed by atoms with van der Waals surface area (Å²) in [5.74, 6) is -0.349. The van der Waals surface area contributed by atoms with E-state index in [1.807, 2.05) is 6.92 Å². The molecule has 5 heteroatoms. The monoisotopic (exact) mass is 224 g/mol. The largest absolute Gasteiger partial charge is 0.573 e.